The van der Waals surface area contributed by atoms with Crippen LogP contribution in [-0.4, -0.2) is 47.6 Å². The average Bonchev–Trinajstić information content (AvgIpc) is 3.11. The number of ether oxygens (including phenoxy) is 1. The molecule has 2 aliphatic rings. The zero-order valence-electron chi connectivity index (χ0n) is 12.8. The van der Waals surface area contributed by atoms with Crippen molar-refractivity contribution in [2.75, 3.05) is 25.5 Å². The Morgan fingerprint density at radius 1 is 1.22 bits per heavy atom. The topological polar surface area (TPSA) is 42.7 Å². The van der Waals surface area contributed by atoms with Gasteiger partial charge in [0.05, 0.1) is 12.9 Å². The minimum absolute atomic E-state index is 0.00560. The van der Waals surface area contributed by atoms with Crippen LogP contribution in [0.4, 0.5) is 0 Å². The standard InChI is InChI=1S/C18H19NO3S/c20-18(19-8-11-23-16-12-21-9-7-15(16)19)17-14(6-10-22-17)13-4-2-1-3-5-13/h1-6,10,15-16H,7-9,11-12H2. The largest absolute Gasteiger partial charge is 0.459 e. The van der Waals surface area contributed by atoms with Gasteiger partial charge in [0.25, 0.3) is 5.91 Å². The summed E-state index contributed by atoms with van der Waals surface area (Å²) in [5.41, 5.74) is 1.89. The summed E-state index contributed by atoms with van der Waals surface area (Å²) in [4.78, 5) is 15.1. The molecular formula is C18H19NO3S. The van der Waals surface area contributed by atoms with Crippen LogP contribution in [0.5, 0.6) is 0 Å². The maximum atomic E-state index is 13.1. The SMILES string of the molecule is O=C(c1occc1-c1ccccc1)N1CCSC2COCCC21. The first-order valence-corrected chi connectivity index (χ1v) is 9.02. The molecule has 2 fully saturated rings. The number of fused-ring (bicyclic) bond motifs is 1. The summed E-state index contributed by atoms with van der Waals surface area (Å²) in [6.45, 7) is 2.25. The Labute approximate surface area is 139 Å². The number of hydrogen-bond acceptors (Lipinski definition) is 4. The van der Waals surface area contributed by atoms with E-state index >= 15 is 0 Å². The molecular weight excluding hydrogens is 310 g/mol. The van der Waals surface area contributed by atoms with Crippen LogP contribution in [0.2, 0.25) is 0 Å². The molecule has 2 atom stereocenters. The normalized spacial score (nSPS) is 24.3. The molecule has 3 heterocycles. The molecule has 4 rings (SSSR count). The smallest absolute Gasteiger partial charge is 0.290 e. The van der Waals surface area contributed by atoms with Gasteiger partial charge in [0.15, 0.2) is 5.76 Å². The predicted octanol–water partition coefficient (Wildman–Crippen LogP) is 3.29. The van der Waals surface area contributed by atoms with Crippen molar-refractivity contribution < 1.29 is 13.9 Å². The number of hydrogen-bond donors (Lipinski definition) is 0. The fourth-order valence-electron chi connectivity index (χ4n) is 3.39. The third kappa shape index (κ3) is 2.79. The summed E-state index contributed by atoms with van der Waals surface area (Å²) >= 11 is 1.92. The molecule has 0 spiro atoms. The second-order valence-electron chi connectivity index (χ2n) is 5.87. The summed E-state index contributed by atoms with van der Waals surface area (Å²) in [6, 6.07) is 12.1. The van der Waals surface area contributed by atoms with E-state index in [4.69, 9.17) is 9.15 Å². The van der Waals surface area contributed by atoms with E-state index in [-0.39, 0.29) is 11.9 Å². The Morgan fingerprint density at radius 3 is 2.96 bits per heavy atom. The van der Waals surface area contributed by atoms with Gasteiger partial charge < -0.3 is 14.1 Å². The van der Waals surface area contributed by atoms with Crippen LogP contribution in [0.3, 0.4) is 0 Å². The molecule has 0 saturated carbocycles. The van der Waals surface area contributed by atoms with Crippen molar-refractivity contribution in [3.63, 3.8) is 0 Å². The van der Waals surface area contributed by atoms with Gasteiger partial charge in [-0.05, 0) is 18.1 Å². The van der Waals surface area contributed by atoms with Gasteiger partial charge >= 0.3 is 0 Å². The molecule has 5 heteroatoms. The first-order chi connectivity index (χ1) is 11.3. The van der Waals surface area contributed by atoms with Gasteiger partial charge in [0, 0.05) is 35.8 Å². The lowest BCUT2D eigenvalue weighted by Crippen LogP contribution is -2.54. The number of thioether (sulfide) groups is 1. The second kappa shape index (κ2) is 6.42. The first-order valence-electron chi connectivity index (χ1n) is 7.98. The fourth-order valence-corrected chi connectivity index (χ4v) is 4.69. The molecule has 0 aliphatic carbocycles. The fraction of sp³-hybridized carbons (Fsp3) is 0.389. The lowest BCUT2D eigenvalue weighted by Gasteiger charge is -2.43. The molecule has 1 aromatic carbocycles. The first kappa shape index (κ1) is 14.8. The zero-order chi connectivity index (χ0) is 15.6. The molecule has 2 unspecified atom stereocenters. The quantitative estimate of drug-likeness (QED) is 0.848. The van der Waals surface area contributed by atoms with Crippen LogP contribution >= 0.6 is 11.8 Å². The molecule has 0 bridgehead atoms. The van der Waals surface area contributed by atoms with E-state index < -0.39 is 0 Å². The van der Waals surface area contributed by atoms with Crippen LogP contribution in [0, 0.1) is 0 Å². The Hall–Kier alpha value is -1.72. The lowest BCUT2D eigenvalue weighted by atomic mass is 10.0. The minimum Gasteiger partial charge on any atom is -0.459 e. The number of carbonyl (C=O) groups is 1. The van der Waals surface area contributed by atoms with Gasteiger partial charge in [-0.3, -0.25) is 4.79 Å². The number of carbonyl (C=O) groups excluding carboxylic acids is 1. The van der Waals surface area contributed by atoms with Crippen LogP contribution in [0.25, 0.3) is 11.1 Å². The van der Waals surface area contributed by atoms with Crippen molar-refractivity contribution >= 4 is 17.7 Å². The zero-order valence-corrected chi connectivity index (χ0v) is 13.6. The predicted molar refractivity (Wildman–Crippen MR) is 90.7 cm³/mol. The monoisotopic (exact) mass is 329 g/mol. The van der Waals surface area contributed by atoms with E-state index in [0.717, 1.165) is 43.1 Å². The molecule has 0 N–H and O–H groups in total. The number of furan rings is 1. The number of rotatable bonds is 2. The van der Waals surface area contributed by atoms with Crippen molar-refractivity contribution in [1.29, 1.82) is 0 Å². The van der Waals surface area contributed by atoms with E-state index in [1.807, 2.05) is 53.1 Å². The summed E-state index contributed by atoms with van der Waals surface area (Å²) in [5.74, 6) is 1.41. The molecule has 2 saturated heterocycles. The molecule has 0 radical (unpaired) electrons. The van der Waals surface area contributed by atoms with Crippen molar-refractivity contribution in [2.24, 2.45) is 0 Å². The maximum Gasteiger partial charge on any atom is 0.290 e. The Morgan fingerprint density at radius 2 is 2.09 bits per heavy atom. The van der Waals surface area contributed by atoms with E-state index in [1.165, 1.54) is 0 Å². The molecule has 4 nitrogen and oxygen atoms in total. The third-order valence-electron chi connectivity index (χ3n) is 4.54. The molecule has 120 valence electrons. The summed E-state index contributed by atoms with van der Waals surface area (Å²) in [7, 11) is 0. The maximum absolute atomic E-state index is 13.1. The Balaban J connectivity index is 1.63. The minimum atomic E-state index is 0.00560. The van der Waals surface area contributed by atoms with Gasteiger partial charge in [-0.1, -0.05) is 30.3 Å². The second-order valence-corrected chi connectivity index (χ2v) is 7.22. The highest BCUT2D eigenvalue weighted by Crippen LogP contribution is 2.33. The van der Waals surface area contributed by atoms with Gasteiger partial charge in [0.1, 0.15) is 0 Å². The molecule has 23 heavy (non-hydrogen) atoms. The lowest BCUT2D eigenvalue weighted by molar-refractivity contribution is 0.0301. The van der Waals surface area contributed by atoms with Crippen LogP contribution in [-0.2, 0) is 4.74 Å². The highest BCUT2D eigenvalue weighted by atomic mass is 32.2. The summed E-state index contributed by atoms with van der Waals surface area (Å²) in [5, 5.41) is 0.386. The highest BCUT2D eigenvalue weighted by molar-refractivity contribution is 8.00. The number of amides is 1. The van der Waals surface area contributed by atoms with Crippen LogP contribution < -0.4 is 0 Å². The number of nitrogens with zero attached hydrogens (tertiary/aromatic N) is 1. The van der Waals surface area contributed by atoms with Crippen LogP contribution in [0.15, 0.2) is 47.1 Å². The van der Waals surface area contributed by atoms with Crippen molar-refractivity contribution in [1.82, 2.24) is 4.90 Å². The molecule has 1 amide bonds. The van der Waals surface area contributed by atoms with E-state index in [2.05, 4.69) is 0 Å². The highest BCUT2D eigenvalue weighted by Gasteiger charge is 2.38. The van der Waals surface area contributed by atoms with Gasteiger partial charge in [-0.2, -0.15) is 11.8 Å². The molecule has 1 aromatic heterocycles. The summed E-state index contributed by atoms with van der Waals surface area (Å²) < 4.78 is 11.2. The third-order valence-corrected chi connectivity index (χ3v) is 5.84. The Bertz CT molecular complexity index is 683. The van der Waals surface area contributed by atoms with Crippen molar-refractivity contribution in [2.45, 2.75) is 17.7 Å². The van der Waals surface area contributed by atoms with Gasteiger partial charge in [0.2, 0.25) is 0 Å². The van der Waals surface area contributed by atoms with Crippen molar-refractivity contribution in [3.05, 3.63) is 48.4 Å². The summed E-state index contributed by atoms with van der Waals surface area (Å²) in [6.07, 6.45) is 2.51. The van der Waals surface area contributed by atoms with E-state index in [9.17, 15) is 4.79 Å². The van der Waals surface area contributed by atoms with Crippen LogP contribution in [0.1, 0.15) is 17.0 Å². The number of benzene rings is 1. The molecule has 2 aromatic rings. The van der Waals surface area contributed by atoms with Gasteiger partial charge in [-0.25, -0.2) is 0 Å². The van der Waals surface area contributed by atoms with Gasteiger partial charge in [-0.15, -0.1) is 0 Å². The van der Waals surface area contributed by atoms with E-state index in [1.54, 1.807) is 6.26 Å². The average molecular weight is 329 g/mol. The van der Waals surface area contributed by atoms with Crippen molar-refractivity contribution in [3.8, 4) is 11.1 Å². The molecule has 2 aliphatic heterocycles. The van der Waals surface area contributed by atoms with E-state index in [0.29, 0.717) is 11.0 Å². The Kier molecular flexibility index (Phi) is 4.14.